The molecule has 0 heterocycles. The van der Waals surface area contributed by atoms with Gasteiger partial charge in [-0.2, -0.15) is 8.42 Å². The zero-order chi connectivity index (χ0) is 16.6. The van der Waals surface area contributed by atoms with Gasteiger partial charge in [0.1, 0.15) is 11.5 Å². The molecule has 1 unspecified atom stereocenters. The van der Waals surface area contributed by atoms with Crippen molar-refractivity contribution in [2.24, 2.45) is 5.73 Å². The molecular weight excluding hydrogens is 298 g/mol. The Balaban J connectivity index is 0.000000690. The van der Waals surface area contributed by atoms with E-state index in [0.29, 0.717) is 0 Å². The van der Waals surface area contributed by atoms with Crippen LogP contribution >= 0.6 is 0 Å². The van der Waals surface area contributed by atoms with E-state index in [-0.39, 0.29) is 6.04 Å². The van der Waals surface area contributed by atoms with Crippen LogP contribution in [0, 0.1) is 0 Å². The fourth-order valence-corrected chi connectivity index (χ4v) is 1.81. The number of nitrogens with two attached hydrogens (primary N) is 1. The van der Waals surface area contributed by atoms with Gasteiger partial charge in [-0.3, -0.25) is 9.11 Å². The molecule has 1 rings (SSSR count). The van der Waals surface area contributed by atoms with E-state index in [0.717, 1.165) is 35.5 Å². The fraction of sp³-hybridized carbons (Fsp3) is 0.538. The van der Waals surface area contributed by atoms with Crippen molar-refractivity contribution in [3.8, 4) is 11.5 Å². The molecule has 1 atom stereocenters. The predicted octanol–water partition coefficient (Wildman–Crippen LogP) is 1.50. The maximum atomic E-state index is 8.74. The molecule has 0 aliphatic heterocycles. The molecule has 0 spiro atoms. The monoisotopic (exact) mass is 321 g/mol. The van der Waals surface area contributed by atoms with E-state index >= 15 is 0 Å². The molecule has 0 saturated carbocycles. The van der Waals surface area contributed by atoms with Crippen LogP contribution in [0.2, 0.25) is 0 Å². The first-order valence-corrected chi connectivity index (χ1v) is 7.71. The van der Waals surface area contributed by atoms with Crippen LogP contribution in [0.4, 0.5) is 0 Å². The molecule has 0 bridgehead atoms. The molecule has 0 aliphatic carbocycles. The third-order valence-corrected chi connectivity index (χ3v) is 2.61. The first kappa shape index (κ1) is 19.7. The number of rotatable bonds is 5. The third kappa shape index (κ3) is 8.51. The van der Waals surface area contributed by atoms with Crippen molar-refractivity contribution >= 4 is 10.4 Å². The average Bonchev–Trinajstić information content (AvgIpc) is 2.35. The maximum absolute atomic E-state index is 8.74. The summed E-state index contributed by atoms with van der Waals surface area (Å²) in [6, 6.07) is 4.18. The first-order valence-electron chi connectivity index (χ1n) is 6.31. The van der Waals surface area contributed by atoms with Crippen LogP contribution in [0.15, 0.2) is 12.1 Å². The molecule has 8 heteroatoms. The zero-order valence-electron chi connectivity index (χ0n) is 12.7. The van der Waals surface area contributed by atoms with E-state index in [9.17, 15) is 0 Å². The van der Waals surface area contributed by atoms with Gasteiger partial charge in [0.15, 0.2) is 0 Å². The quantitative estimate of drug-likeness (QED) is 0.703. The zero-order valence-corrected chi connectivity index (χ0v) is 13.5. The Kier molecular flexibility index (Phi) is 8.26. The molecule has 0 aliphatic rings. The normalized spacial score (nSPS) is 12.1. The van der Waals surface area contributed by atoms with Crippen LogP contribution in [0.25, 0.3) is 0 Å². The third-order valence-electron chi connectivity index (χ3n) is 2.61. The average molecular weight is 321 g/mol. The molecule has 4 N–H and O–H groups in total. The highest BCUT2D eigenvalue weighted by Gasteiger charge is 2.11. The fourth-order valence-electron chi connectivity index (χ4n) is 1.81. The summed E-state index contributed by atoms with van der Waals surface area (Å²) < 4.78 is 42.3. The van der Waals surface area contributed by atoms with Crippen molar-refractivity contribution in [3.63, 3.8) is 0 Å². The summed E-state index contributed by atoms with van der Waals surface area (Å²) in [6.45, 7) is 4.09. The Morgan fingerprint density at radius 3 is 1.86 bits per heavy atom. The van der Waals surface area contributed by atoms with E-state index in [2.05, 4.69) is 6.92 Å². The summed E-state index contributed by atoms with van der Waals surface area (Å²) >= 11 is 0. The van der Waals surface area contributed by atoms with Gasteiger partial charge in [-0.05, 0) is 43.0 Å². The maximum Gasteiger partial charge on any atom is 0.394 e. The van der Waals surface area contributed by atoms with Crippen molar-refractivity contribution in [2.75, 3.05) is 14.2 Å². The van der Waals surface area contributed by atoms with Gasteiger partial charge in [-0.15, -0.1) is 0 Å². The Hall–Kier alpha value is -1.35. The van der Waals surface area contributed by atoms with Gasteiger partial charge in [-0.25, -0.2) is 0 Å². The summed E-state index contributed by atoms with van der Waals surface area (Å²) in [7, 11) is -1.29. The lowest BCUT2D eigenvalue weighted by Gasteiger charge is -2.15. The van der Waals surface area contributed by atoms with E-state index in [4.69, 9.17) is 32.7 Å². The van der Waals surface area contributed by atoms with Gasteiger partial charge in [-0.1, -0.05) is 6.92 Å². The molecule has 0 amide bonds. The highest BCUT2D eigenvalue weighted by Crippen LogP contribution is 2.29. The summed E-state index contributed by atoms with van der Waals surface area (Å²) in [4.78, 5) is 0. The Bertz CT molecular complexity index is 534. The molecule has 1 aromatic rings. The highest BCUT2D eigenvalue weighted by molar-refractivity contribution is 7.79. The van der Waals surface area contributed by atoms with Gasteiger partial charge in [0.2, 0.25) is 0 Å². The molecule has 0 fully saturated rings. The van der Waals surface area contributed by atoms with Crippen LogP contribution in [0.5, 0.6) is 11.5 Å². The number of aryl methyl sites for hydroxylation is 1. The lowest BCUT2D eigenvalue weighted by atomic mass is 10.0. The van der Waals surface area contributed by atoms with Crippen molar-refractivity contribution < 1.29 is 27.0 Å². The number of hydrogen-bond acceptors (Lipinski definition) is 5. The Labute approximate surface area is 125 Å². The van der Waals surface area contributed by atoms with Crippen molar-refractivity contribution in [1.82, 2.24) is 0 Å². The minimum Gasteiger partial charge on any atom is -0.496 e. The number of ether oxygens (including phenoxy) is 2. The van der Waals surface area contributed by atoms with E-state index < -0.39 is 10.4 Å². The summed E-state index contributed by atoms with van der Waals surface area (Å²) in [5, 5.41) is 0. The topological polar surface area (TPSA) is 119 Å². The molecule has 1 aromatic carbocycles. The van der Waals surface area contributed by atoms with Crippen LogP contribution in [-0.4, -0.2) is 37.8 Å². The van der Waals surface area contributed by atoms with Crippen LogP contribution < -0.4 is 15.2 Å². The lowest BCUT2D eigenvalue weighted by molar-refractivity contribution is 0.381. The minimum absolute atomic E-state index is 0.117. The summed E-state index contributed by atoms with van der Waals surface area (Å²) in [5.74, 6) is 1.81. The van der Waals surface area contributed by atoms with Gasteiger partial charge in [0.25, 0.3) is 0 Å². The first-order chi connectivity index (χ1) is 9.62. The van der Waals surface area contributed by atoms with E-state index in [1.165, 1.54) is 0 Å². The SMILES string of the molecule is CCc1cc(OC)c(CC(C)N)cc1OC.O=S(=O)(O)O. The minimum atomic E-state index is -4.67. The van der Waals surface area contributed by atoms with Gasteiger partial charge < -0.3 is 15.2 Å². The Morgan fingerprint density at radius 2 is 1.52 bits per heavy atom. The smallest absolute Gasteiger partial charge is 0.394 e. The van der Waals surface area contributed by atoms with E-state index in [1.54, 1.807) is 14.2 Å². The lowest BCUT2D eigenvalue weighted by Crippen LogP contribution is -2.18. The highest BCUT2D eigenvalue weighted by atomic mass is 32.3. The standard InChI is InChI=1S/C13H21NO2.H2O4S/c1-5-10-7-13(16-4)11(6-9(2)14)8-12(10)15-3;1-5(2,3)4/h7-9H,5-6,14H2,1-4H3;(H2,1,2,3,4). The van der Waals surface area contributed by atoms with Crippen molar-refractivity contribution in [2.45, 2.75) is 32.7 Å². The molecular formula is C13H23NO6S. The second-order valence-electron chi connectivity index (χ2n) is 4.46. The van der Waals surface area contributed by atoms with Gasteiger partial charge in [0.05, 0.1) is 14.2 Å². The molecule has 21 heavy (non-hydrogen) atoms. The molecule has 0 radical (unpaired) electrons. The number of benzene rings is 1. The van der Waals surface area contributed by atoms with Crippen molar-refractivity contribution in [3.05, 3.63) is 23.3 Å². The van der Waals surface area contributed by atoms with E-state index in [1.807, 2.05) is 19.1 Å². The molecule has 0 saturated heterocycles. The van der Waals surface area contributed by atoms with Crippen molar-refractivity contribution in [1.29, 1.82) is 0 Å². The van der Waals surface area contributed by atoms with Gasteiger partial charge >= 0.3 is 10.4 Å². The predicted molar refractivity (Wildman–Crippen MR) is 80.5 cm³/mol. The second-order valence-corrected chi connectivity index (χ2v) is 5.35. The van der Waals surface area contributed by atoms with Gasteiger partial charge in [0, 0.05) is 6.04 Å². The molecule has 0 aromatic heterocycles. The van der Waals surface area contributed by atoms with Crippen LogP contribution in [0.1, 0.15) is 25.0 Å². The Morgan fingerprint density at radius 1 is 1.14 bits per heavy atom. The second kappa shape index (κ2) is 8.83. The summed E-state index contributed by atoms with van der Waals surface area (Å²) in [5.41, 5.74) is 8.08. The molecule has 7 nitrogen and oxygen atoms in total. The number of methoxy groups -OCH3 is 2. The van der Waals surface area contributed by atoms with Crippen LogP contribution in [0.3, 0.4) is 0 Å². The number of hydrogen-bond donors (Lipinski definition) is 3. The summed E-state index contributed by atoms with van der Waals surface area (Å²) in [6.07, 6.45) is 1.72. The molecule has 122 valence electrons. The van der Waals surface area contributed by atoms with Crippen LogP contribution in [-0.2, 0) is 23.2 Å². The largest absolute Gasteiger partial charge is 0.496 e.